The zero-order valence-corrected chi connectivity index (χ0v) is 15.0. The van der Waals surface area contributed by atoms with Crippen molar-refractivity contribution in [3.63, 3.8) is 0 Å². The van der Waals surface area contributed by atoms with Gasteiger partial charge in [0.1, 0.15) is 5.82 Å². The molecule has 0 aliphatic rings. The molecule has 4 rings (SSSR count). The van der Waals surface area contributed by atoms with Gasteiger partial charge in [0.25, 0.3) is 5.91 Å². The molecule has 0 spiro atoms. The molecule has 2 aromatic carbocycles. The topological polar surface area (TPSA) is 72.2 Å². The lowest BCUT2D eigenvalue weighted by Crippen LogP contribution is -2.12. The number of hydrogen-bond donors (Lipinski definition) is 1. The van der Waals surface area contributed by atoms with Crippen LogP contribution in [0.3, 0.4) is 0 Å². The first-order chi connectivity index (χ1) is 12.5. The van der Waals surface area contributed by atoms with Gasteiger partial charge in [-0.3, -0.25) is 10.1 Å². The normalized spacial score (nSPS) is 11.0. The fourth-order valence-electron chi connectivity index (χ4n) is 2.35. The Balaban J connectivity index is 1.62. The average molecular weight is 388 g/mol. The van der Waals surface area contributed by atoms with E-state index in [4.69, 9.17) is 11.6 Å². The predicted octanol–water partition coefficient (Wildman–Crippen LogP) is 4.21. The number of hydrogen-bond acceptors (Lipinski definition) is 5. The van der Waals surface area contributed by atoms with Gasteiger partial charge >= 0.3 is 0 Å². The van der Waals surface area contributed by atoms with Crippen LogP contribution in [-0.4, -0.2) is 25.7 Å². The quantitative estimate of drug-likeness (QED) is 0.571. The van der Waals surface area contributed by atoms with Gasteiger partial charge in [0.05, 0.1) is 0 Å². The summed E-state index contributed by atoms with van der Waals surface area (Å²) < 4.78 is 15.2. The third-order valence-electron chi connectivity index (χ3n) is 3.75. The maximum Gasteiger partial charge on any atom is 0.257 e. The molecule has 0 radical (unpaired) electrons. The van der Waals surface area contributed by atoms with E-state index in [9.17, 15) is 9.18 Å². The summed E-state index contributed by atoms with van der Waals surface area (Å²) in [6, 6.07) is 11.4. The lowest BCUT2D eigenvalue weighted by atomic mass is 10.1. The summed E-state index contributed by atoms with van der Waals surface area (Å²) in [7, 11) is 0. The second-order valence-electron chi connectivity index (χ2n) is 5.55. The molecule has 0 bridgehead atoms. The van der Waals surface area contributed by atoms with E-state index >= 15 is 0 Å². The van der Waals surface area contributed by atoms with Gasteiger partial charge in [-0.1, -0.05) is 29.0 Å². The molecular weight excluding hydrogens is 377 g/mol. The Morgan fingerprint density at radius 1 is 1.19 bits per heavy atom. The highest BCUT2D eigenvalue weighted by Gasteiger charge is 2.16. The van der Waals surface area contributed by atoms with Crippen molar-refractivity contribution >= 4 is 38.9 Å². The Morgan fingerprint density at radius 3 is 2.69 bits per heavy atom. The number of aromatic nitrogens is 4. The van der Waals surface area contributed by atoms with Gasteiger partial charge in [0, 0.05) is 16.1 Å². The van der Waals surface area contributed by atoms with Crippen molar-refractivity contribution in [1.29, 1.82) is 0 Å². The molecule has 1 amide bonds. The Bertz CT molecular complexity index is 1120. The number of benzene rings is 2. The molecule has 4 aromatic rings. The molecule has 0 saturated carbocycles. The van der Waals surface area contributed by atoms with Gasteiger partial charge in [-0.05, 0) is 48.9 Å². The Hall–Kier alpha value is -2.84. The standard InChI is InChI=1S/C17H11ClFN5OS/c1-9-2-3-11(8-13(9)19)15(25)20-16-23-24-14(21-22-17(24)26-16)10-4-6-12(18)7-5-10/h2-8H,1H3,(H,20,23,25). The average Bonchev–Trinajstić information content (AvgIpc) is 3.18. The minimum atomic E-state index is -0.443. The molecule has 0 atom stereocenters. The number of aryl methyl sites for hydroxylation is 1. The summed E-state index contributed by atoms with van der Waals surface area (Å²) in [5, 5.41) is 16.1. The molecule has 0 saturated heterocycles. The van der Waals surface area contributed by atoms with Crippen LogP contribution >= 0.6 is 22.9 Å². The van der Waals surface area contributed by atoms with Gasteiger partial charge in [-0.2, -0.15) is 4.52 Å². The number of nitrogens with one attached hydrogen (secondary N) is 1. The van der Waals surface area contributed by atoms with Crippen molar-refractivity contribution in [1.82, 2.24) is 19.8 Å². The van der Waals surface area contributed by atoms with E-state index in [1.165, 1.54) is 17.4 Å². The van der Waals surface area contributed by atoms with Crippen LogP contribution in [-0.2, 0) is 0 Å². The molecule has 0 unspecified atom stereocenters. The summed E-state index contributed by atoms with van der Waals surface area (Å²) in [6.45, 7) is 1.64. The highest BCUT2D eigenvalue weighted by Crippen LogP contribution is 2.25. The summed E-state index contributed by atoms with van der Waals surface area (Å²) in [4.78, 5) is 12.8. The third-order valence-corrected chi connectivity index (χ3v) is 4.81. The monoisotopic (exact) mass is 387 g/mol. The van der Waals surface area contributed by atoms with E-state index in [0.717, 1.165) is 5.56 Å². The smallest absolute Gasteiger partial charge is 0.257 e. The number of anilines is 1. The highest BCUT2D eigenvalue weighted by molar-refractivity contribution is 7.20. The lowest BCUT2D eigenvalue weighted by Gasteiger charge is -2.03. The molecule has 26 heavy (non-hydrogen) atoms. The van der Waals surface area contributed by atoms with Crippen molar-refractivity contribution in [3.8, 4) is 11.4 Å². The molecule has 9 heteroatoms. The molecule has 0 aliphatic heterocycles. The van der Waals surface area contributed by atoms with Crippen molar-refractivity contribution in [2.75, 3.05) is 5.32 Å². The number of halogens is 2. The van der Waals surface area contributed by atoms with E-state index < -0.39 is 11.7 Å². The number of amides is 1. The van der Waals surface area contributed by atoms with E-state index in [2.05, 4.69) is 20.6 Å². The Labute approximate surface area is 156 Å². The minimum absolute atomic E-state index is 0.219. The zero-order chi connectivity index (χ0) is 18.3. The number of carbonyl (C=O) groups is 1. The number of carbonyl (C=O) groups excluding carboxylic acids is 1. The van der Waals surface area contributed by atoms with Crippen LogP contribution in [0.2, 0.25) is 5.02 Å². The maximum atomic E-state index is 13.6. The number of nitrogens with zero attached hydrogens (tertiary/aromatic N) is 4. The Kier molecular flexibility index (Phi) is 4.14. The molecule has 0 aliphatic carbocycles. The highest BCUT2D eigenvalue weighted by atomic mass is 35.5. The molecule has 6 nitrogen and oxygen atoms in total. The first-order valence-corrected chi connectivity index (χ1v) is 8.76. The van der Waals surface area contributed by atoms with Gasteiger partial charge < -0.3 is 0 Å². The molecule has 1 N–H and O–H groups in total. The molecular formula is C17H11ClFN5OS. The first-order valence-electron chi connectivity index (χ1n) is 7.57. The second-order valence-corrected chi connectivity index (χ2v) is 6.94. The van der Waals surface area contributed by atoms with Crippen molar-refractivity contribution in [2.24, 2.45) is 0 Å². The van der Waals surface area contributed by atoms with Crippen LogP contribution in [0, 0.1) is 12.7 Å². The fraction of sp³-hybridized carbons (Fsp3) is 0.0588. The fourth-order valence-corrected chi connectivity index (χ4v) is 3.21. The summed E-state index contributed by atoms with van der Waals surface area (Å²) in [6.07, 6.45) is 0. The minimum Gasteiger partial charge on any atom is -0.296 e. The van der Waals surface area contributed by atoms with E-state index in [1.807, 2.05) is 12.1 Å². The molecule has 2 aromatic heterocycles. The van der Waals surface area contributed by atoms with Gasteiger partial charge in [-0.15, -0.1) is 15.3 Å². The predicted molar refractivity (Wildman–Crippen MR) is 98.2 cm³/mol. The maximum absolute atomic E-state index is 13.6. The van der Waals surface area contributed by atoms with E-state index in [1.54, 1.807) is 35.7 Å². The number of fused-ring (bicyclic) bond motifs is 1. The largest absolute Gasteiger partial charge is 0.296 e. The molecule has 0 fully saturated rings. The van der Waals surface area contributed by atoms with Crippen molar-refractivity contribution in [3.05, 3.63) is 64.4 Å². The van der Waals surface area contributed by atoms with Crippen LogP contribution in [0.4, 0.5) is 9.52 Å². The third kappa shape index (κ3) is 3.04. The van der Waals surface area contributed by atoms with E-state index in [0.29, 0.717) is 26.5 Å². The van der Waals surface area contributed by atoms with Crippen LogP contribution in [0.15, 0.2) is 42.5 Å². The van der Waals surface area contributed by atoms with Crippen LogP contribution in [0.1, 0.15) is 15.9 Å². The Morgan fingerprint density at radius 2 is 1.96 bits per heavy atom. The summed E-state index contributed by atoms with van der Waals surface area (Å²) >= 11 is 7.07. The lowest BCUT2D eigenvalue weighted by molar-refractivity contribution is 0.102. The van der Waals surface area contributed by atoms with Crippen LogP contribution in [0.25, 0.3) is 16.3 Å². The van der Waals surface area contributed by atoms with Crippen molar-refractivity contribution in [2.45, 2.75) is 6.92 Å². The van der Waals surface area contributed by atoms with Crippen LogP contribution < -0.4 is 5.32 Å². The summed E-state index contributed by atoms with van der Waals surface area (Å²) in [5.74, 6) is -0.336. The molecule has 130 valence electrons. The van der Waals surface area contributed by atoms with Gasteiger partial charge in [0.2, 0.25) is 10.1 Å². The number of rotatable bonds is 3. The van der Waals surface area contributed by atoms with Crippen molar-refractivity contribution < 1.29 is 9.18 Å². The summed E-state index contributed by atoms with van der Waals surface area (Å²) in [5.41, 5.74) is 1.50. The zero-order valence-electron chi connectivity index (χ0n) is 13.4. The van der Waals surface area contributed by atoms with Crippen LogP contribution in [0.5, 0.6) is 0 Å². The second kappa shape index (κ2) is 6.47. The van der Waals surface area contributed by atoms with Gasteiger partial charge in [-0.25, -0.2) is 4.39 Å². The van der Waals surface area contributed by atoms with E-state index in [-0.39, 0.29) is 5.56 Å². The molecule has 2 heterocycles. The van der Waals surface area contributed by atoms with Gasteiger partial charge in [0.15, 0.2) is 5.82 Å². The first kappa shape index (κ1) is 16.6. The SMILES string of the molecule is Cc1ccc(C(=O)Nc2nn3c(-c4ccc(Cl)cc4)nnc3s2)cc1F.